The molecule has 1 saturated heterocycles. The van der Waals surface area contributed by atoms with Crippen molar-refractivity contribution in [2.75, 3.05) is 44.9 Å². The van der Waals surface area contributed by atoms with Crippen molar-refractivity contribution in [3.63, 3.8) is 0 Å². The van der Waals surface area contributed by atoms with E-state index in [1.165, 1.54) is 5.69 Å². The fourth-order valence-electron chi connectivity index (χ4n) is 2.21. The predicted molar refractivity (Wildman–Crippen MR) is 62.3 cm³/mol. The van der Waals surface area contributed by atoms with Gasteiger partial charge < -0.3 is 19.3 Å². The van der Waals surface area contributed by atoms with E-state index in [-0.39, 0.29) is 0 Å². The van der Waals surface area contributed by atoms with Crippen molar-refractivity contribution in [3.8, 4) is 11.5 Å². The van der Waals surface area contributed by atoms with Crippen LogP contribution in [-0.4, -0.2) is 44.9 Å². The highest BCUT2D eigenvalue weighted by atomic mass is 16.7. The van der Waals surface area contributed by atoms with Gasteiger partial charge in [-0.2, -0.15) is 0 Å². The smallest absolute Gasteiger partial charge is 0.231 e. The van der Waals surface area contributed by atoms with Gasteiger partial charge in [0, 0.05) is 26.2 Å². The van der Waals surface area contributed by atoms with Gasteiger partial charge in [0.1, 0.15) is 0 Å². The molecule has 0 radical (unpaired) electrons. The Morgan fingerprint density at radius 3 is 2.69 bits per heavy atom. The summed E-state index contributed by atoms with van der Waals surface area (Å²) in [6, 6.07) is 6.10. The van der Waals surface area contributed by atoms with Gasteiger partial charge in [0.05, 0.1) is 5.69 Å². The Morgan fingerprint density at radius 2 is 1.88 bits per heavy atom. The third kappa shape index (κ3) is 1.59. The van der Waals surface area contributed by atoms with Crippen LogP contribution in [0.3, 0.4) is 0 Å². The highest BCUT2D eigenvalue weighted by Crippen LogP contribution is 2.40. The minimum absolute atomic E-state index is 0.347. The van der Waals surface area contributed by atoms with E-state index in [0.29, 0.717) is 6.79 Å². The molecule has 0 N–H and O–H groups in total. The Labute approximate surface area is 95.4 Å². The van der Waals surface area contributed by atoms with Gasteiger partial charge in [-0.1, -0.05) is 6.07 Å². The molecular formula is C12H16N2O2. The number of benzene rings is 1. The highest BCUT2D eigenvalue weighted by Gasteiger charge is 2.23. The van der Waals surface area contributed by atoms with Crippen LogP contribution in [0.15, 0.2) is 18.2 Å². The lowest BCUT2D eigenvalue weighted by atomic mass is 10.2. The number of nitrogens with zero attached hydrogens (tertiary/aromatic N) is 2. The Hall–Kier alpha value is -1.42. The summed E-state index contributed by atoms with van der Waals surface area (Å²) < 4.78 is 10.9. The normalized spacial score (nSPS) is 20.2. The minimum atomic E-state index is 0.347. The van der Waals surface area contributed by atoms with E-state index < -0.39 is 0 Å². The third-order valence-electron chi connectivity index (χ3n) is 3.22. The van der Waals surface area contributed by atoms with Gasteiger partial charge in [-0.05, 0) is 19.2 Å². The molecule has 0 spiro atoms. The van der Waals surface area contributed by atoms with E-state index in [1.54, 1.807) is 0 Å². The van der Waals surface area contributed by atoms with Gasteiger partial charge in [-0.3, -0.25) is 0 Å². The molecule has 0 aromatic heterocycles. The van der Waals surface area contributed by atoms with Crippen molar-refractivity contribution in [2.24, 2.45) is 0 Å². The Balaban J connectivity index is 1.87. The second-order valence-corrected chi connectivity index (χ2v) is 4.30. The van der Waals surface area contributed by atoms with Gasteiger partial charge >= 0.3 is 0 Å². The van der Waals surface area contributed by atoms with Crippen LogP contribution in [0.1, 0.15) is 0 Å². The number of rotatable bonds is 1. The van der Waals surface area contributed by atoms with Crippen LogP contribution in [0.4, 0.5) is 5.69 Å². The number of anilines is 1. The van der Waals surface area contributed by atoms with E-state index in [9.17, 15) is 0 Å². The van der Waals surface area contributed by atoms with Crippen LogP contribution in [0.25, 0.3) is 0 Å². The van der Waals surface area contributed by atoms with Crippen molar-refractivity contribution in [2.45, 2.75) is 0 Å². The van der Waals surface area contributed by atoms with Crippen LogP contribution < -0.4 is 14.4 Å². The zero-order chi connectivity index (χ0) is 11.0. The molecule has 0 amide bonds. The minimum Gasteiger partial charge on any atom is -0.454 e. The first-order chi connectivity index (χ1) is 7.84. The maximum atomic E-state index is 5.53. The quantitative estimate of drug-likeness (QED) is 0.709. The Kier molecular flexibility index (Phi) is 2.36. The van der Waals surface area contributed by atoms with Crippen molar-refractivity contribution in [1.82, 2.24) is 4.90 Å². The zero-order valence-corrected chi connectivity index (χ0v) is 9.48. The molecule has 4 heteroatoms. The highest BCUT2D eigenvalue weighted by molar-refractivity contribution is 5.65. The maximum Gasteiger partial charge on any atom is 0.231 e. The maximum absolute atomic E-state index is 5.53. The summed E-state index contributed by atoms with van der Waals surface area (Å²) in [6.45, 7) is 4.65. The van der Waals surface area contributed by atoms with Crippen LogP contribution in [0.5, 0.6) is 11.5 Å². The fraction of sp³-hybridized carbons (Fsp3) is 0.500. The number of para-hydroxylation sites is 1. The molecule has 2 aliphatic rings. The molecule has 4 nitrogen and oxygen atoms in total. The summed E-state index contributed by atoms with van der Waals surface area (Å²) in [4.78, 5) is 4.71. The van der Waals surface area contributed by atoms with Gasteiger partial charge in [-0.25, -0.2) is 0 Å². The molecule has 3 rings (SSSR count). The lowest BCUT2D eigenvalue weighted by molar-refractivity contribution is 0.174. The molecule has 2 aliphatic heterocycles. The van der Waals surface area contributed by atoms with Crippen molar-refractivity contribution in [3.05, 3.63) is 18.2 Å². The number of hydrogen-bond donors (Lipinski definition) is 0. The molecule has 86 valence electrons. The lowest BCUT2D eigenvalue weighted by Crippen LogP contribution is -2.44. The van der Waals surface area contributed by atoms with Gasteiger partial charge in [0.2, 0.25) is 6.79 Å². The lowest BCUT2D eigenvalue weighted by Gasteiger charge is -2.34. The molecule has 0 bridgehead atoms. The van der Waals surface area contributed by atoms with E-state index in [2.05, 4.69) is 22.9 Å². The molecule has 1 aromatic rings. The fourth-order valence-corrected chi connectivity index (χ4v) is 2.21. The number of piperazine rings is 1. The summed E-state index contributed by atoms with van der Waals surface area (Å²) in [5, 5.41) is 0. The predicted octanol–water partition coefficient (Wildman–Crippen LogP) is 1.17. The van der Waals surface area contributed by atoms with E-state index in [1.807, 2.05) is 12.1 Å². The number of likely N-dealkylation sites (N-methyl/N-ethyl adjacent to an activating group) is 1. The molecule has 16 heavy (non-hydrogen) atoms. The second kappa shape index (κ2) is 3.87. The summed E-state index contributed by atoms with van der Waals surface area (Å²) >= 11 is 0. The largest absolute Gasteiger partial charge is 0.454 e. The van der Waals surface area contributed by atoms with Gasteiger partial charge in [0.15, 0.2) is 11.5 Å². The number of hydrogen-bond acceptors (Lipinski definition) is 4. The van der Waals surface area contributed by atoms with E-state index >= 15 is 0 Å². The zero-order valence-electron chi connectivity index (χ0n) is 9.48. The van der Waals surface area contributed by atoms with Crippen molar-refractivity contribution < 1.29 is 9.47 Å². The SMILES string of the molecule is CN1CCN(c2cccc3c2OCO3)CC1. The molecule has 1 fully saturated rings. The first-order valence-electron chi connectivity index (χ1n) is 5.67. The van der Waals surface area contributed by atoms with Crippen molar-refractivity contribution in [1.29, 1.82) is 0 Å². The standard InChI is InChI=1S/C12H16N2O2/c1-13-5-7-14(8-6-13)10-3-2-4-11-12(10)16-9-15-11/h2-4H,5-9H2,1H3. The molecule has 1 aromatic carbocycles. The molecule has 0 atom stereocenters. The summed E-state index contributed by atoms with van der Waals surface area (Å²) in [5.74, 6) is 1.78. The topological polar surface area (TPSA) is 24.9 Å². The third-order valence-corrected chi connectivity index (χ3v) is 3.22. The average Bonchev–Trinajstić information content (AvgIpc) is 2.78. The molecule has 0 saturated carbocycles. The Bertz CT molecular complexity index is 387. The Morgan fingerprint density at radius 1 is 1.06 bits per heavy atom. The van der Waals surface area contributed by atoms with Gasteiger partial charge in [0.25, 0.3) is 0 Å². The van der Waals surface area contributed by atoms with Gasteiger partial charge in [-0.15, -0.1) is 0 Å². The van der Waals surface area contributed by atoms with Crippen LogP contribution >= 0.6 is 0 Å². The molecule has 0 unspecified atom stereocenters. The van der Waals surface area contributed by atoms with Crippen molar-refractivity contribution >= 4 is 5.69 Å². The number of ether oxygens (including phenoxy) is 2. The van der Waals surface area contributed by atoms with Crippen LogP contribution in [0, 0.1) is 0 Å². The monoisotopic (exact) mass is 220 g/mol. The second-order valence-electron chi connectivity index (χ2n) is 4.30. The first kappa shape index (κ1) is 9.78. The molecular weight excluding hydrogens is 204 g/mol. The average molecular weight is 220 g/mol. The number of fused-ring (bicyclic) bond motifs is 1. The van der Waals surface area contributed by atoms with Crippen LogP contribution in [-0.2, 0) is 0 Å². The first-order valence-corrected chi connectivity index (χ1v) is 5.67. The van der Waals surface area contributed by atoms with Crippen LogP contribution in [0.2, 0.25) is 0 Å². The summed E-state index contributed by atoms with van der Waals surface area (Å²) in [7, 11) is 2.16. The van der Waals surface area contributed by atoms with E-state index in [0.717, 1.165) is 37.7 Å². The molecule has 0 aliphatic carbocycles. The summed E-state index contributed by atoms with van der Waals surface area (Å²) in [5.41, 5.74) is 1.17. The summed E-state index contributed by atoms with van der Waals surface area (Å²) in [6.07, 6.45) is 0. The molecule has 2 heterocycles. The van der Waals surface area contributed by atoms with E-state index in [4.69, 9.17) is 9.47 Å².